The number of carbonyl (C=O) groups excluding carboxylic acids is 2. The van der Waals surface area contributed by atoms with Gasteiger partial charge in [0.25, 0.3) is 11.6 Å². The molecule has 0 saturated heterocycles. The van der Waals surface area contributed by atoms with Gasteiger partial charge in [-0.2, -0.15) is 0 Å². The van der Waals surface area contributed by atoms with Crippen LogP contribution in [0.2, 0.25) is 0 Å². The van der Waals surface area contributed by atoms with Crippen molar-refractivity contribution in [3.63, 3.8) is 0 Å². The van der Waals surface area contributed by atoms with E-state index in [4.69, 9.17) is 9.47 Å². The molecule has 3 aromatic rings. The number of methoxy groups -OCH3 is 2. The molecule has 8 heteroatoms. The van der Waals surface area contributed by atoms with Crippen molar-refractivity contribution in [1.29, 1.82) is 0 Å². The Morgan fingerprint density at radius 2 is 1.72 bits per heavy atom. The first-order valence-electron chi connectivity index (χ1n) is 9.95. The third-order valence-corrected chi connectivity index (χ3v) is 5.31. The van der Waals surface area contributed by atoms with Gasteiger partial charge in [0.2, 0.25) is 0 Å². The largest absolute Gasteiger partial charge is 0.497 e. The Kier molecular flexibility index (Phi) is 5.70. The number of anilines is 2. The first-order chi connectivity index (χ1) is 15.5. The van der Waals surface area contributed by atoms with Crippen LogP contribution in [0, 0.1) is 0 Å². The summed E-state index contributed by atoms with van der Waals surface area (Å²) >= 11 is 0. The smallest absolute Gasteiger partial charge is 0.329 e. The molecule has 0 radical (unpaired) electrons. The van der Waals surface area contributed by atoms with Crippen LogP contribution in [0.15, 0.2) is 72.8 Å². The molecule has 0 unspecified atom stereocenters. The van der Waals surface area contributed by atoms with Crippen LogP contribution < -0.4 is 25.0 Å². The number of ether oxygens (including phenoxy) is 2. The van der Waals surface area contributed by atoms with E-state index >= 15 is 0 Å². The SMILES string of the molecule is COc1ccc(CNC(=O)[C@]2(O)c3ccccc3NC(=O)N2c2cccc(OC)c2)cc1. The molecule has 3 amide bonds. The molecule has 0 saturated carbocycles. The number of carbonyl (C=O) groups is 2. The second kappa shape index (κ2) is 8.60. The first kappa shape index (κ1) is 21.2. The van der Waals surface area contributed by atoms with Gasteiger partial charge in [0.15, 0.2) is 0 Å². The number of fused-ring (bicyclic) bond motifs is 1. The Morgan fingerprint density at radius 3 is 2.44 bits per heavy atom. The monoisotopic (exact) mass is 433 g/mol. The summed E-state index contributed by atoms with van der Waals surface area (Å²) in [4.78, 5) is 27.5. The van der Waals surface area contributed by atoms with Gasteiger partial charge >= 0.3 is 6.03 Å². The Balaban J connectivity index is 1.72. The van der Waals surface area contributed by atoms with Crippen molar-refractivity contribution >= 4 is 23.3 Å². The minimum atomic E-state index is -2.28. The summed E-state index contributed by atoms with van der Waals surface area (Å²) < 4.78 is 10.4. The lowest BCUT2D eigenvalue weighted by Gasteiger charge is -2.42. The van der Waals surface area contributed by atoms with Crippen LogP contribution in [-0.4, -0.2) is 31.3 Å². The van der Waals surface area contributed by atoms with Crippen LogP contribution in [0.4, 0.5) is 16.2 Å². The number of aliphatic hydroxyl groups is 1. The molecule has 0 bridgehead atoms. The van der Waals surface area contributed by atoms with Gasteiger partial charge in [-0.15, -0.1) is 0 Å². The zero-order valence-electron chi connectivity index (χ0n) is 17.7. The average molecular weight is 433 g/mol. The molecule has 32 heavy (non-hydrogen) atoms. The van der Waals surface area contributed by atoms with E-state index in [1.165, 1.54) is 7.11 Å². The zero-order valence-corrected chi connectivity index (χ0v) is 17.7. The van der Waals surface area contributed by atoms with E-state index in [2.05, 4.69) is 10.6 Å². The molecule has 1 aliphatic rings. The van der Waals surface area contributed by atoms with Gasteiger partial charge in [0.1, 0.15) is 11.5 Å². The Morgan fingerprint density at radius 1 is 1.00 bits per heavy atom. The van der Waals surface area contributed by atoms with Crippen LogP contribution in [0.1, 0.15) is 11.1 Å². The van der Waals surface area contributed by atoms with Gasteiger partial charge in [-0.1, -0.05) is 36.4 Å². The van der Waals surface area contributed by atoms with Crippen molar-refractivity contribution in [2.24, 2.45) is 0 Å². The van der Waals surface area contributed by atoms with Gasteiger partial charge in [-0.05, 0) is 35.9 Å². The van der Waals surface area contributed by atoms with E-state index < -0.39 is 17.7 Å². The summed E-state index contributed by atoms with van der Waals surface area (Å²) in [6.45, 7) is 0.154. The van der Waals surface area contributed by atoms with E-state index in [0.29, 0.717) is 22.9 Å². The van der Waals surface area contributed by atoms with Crippen molar-refractivity contribution in [1.82, 2.24) is 5.32 Å². The van der Waals surface area contributed by atoms with Crippen molar-refractivity contribution in [2.45, 2.75) is 12.3 Å². The predicted molar refractivity (Wildman–Crippen MR) is 120 cm³/mol. The molecule has 0 aromatic heterocycles. The molecule has 0 aliphatic carbocycles. The third kappa shape index (κ3) is 3.72. The maximum Gasteiger partial charge on any atom is 0.329 e. The molecule has 3 N–H and O–H groups in total. The summed E-state index contributed by atoms with van der Waals surface area (Å²) in [6, 6.07) is 19.8. The van der Waals surface area contributed by atoms with Gasteiger partial charge < -0.3 is 25.2 Å². The minimum Gasteiger partial charge on any atom is -0.497 e. The van der Waals surface area contributed by atoms with Gasteiger partial charge in [-0.25, -0.2) is 4.79 Å². The fourth-order valence-electron chi connectivity index (χ4n) is 3.66. The van der Waals surface area contributed by atoms with Crippen molar-refractivity contribution < 1.29 is 24.2 Å². The van der Waals surface area contributed by atoms with Gasteiger partial charge in [0, 0.05) is 18.2 Å². The number of hydrogen-bond donors (Lipinski definition) is 3. The normalized spacial score (nSPS) is 17.2. The lowest BCUT2D eigenvalue weighted by Crippen LogP contribution is -2.62. The lowest BCUT2D eigenvalue weighted by molar-refractivity contribution is -0.140. The van der Waals surface area contributed by atoms with Crippen molar-refractivity contribution in [3.8, 4) is 11.5 Å². The summed E-state index contributed by atoms with van der Waals surface area (Å²) in [5, 5.41) is 17.3. The van der Waals surface area contributed by atoms with E-state index in [-0.39, 0.29) is 12.1 Å². The van der Waals surface area contributed by atoms with Crippen molar-refractivity contribution in [2.75, 3.05) is 24.4 Å². The molecule has 1 aliphatic heterocycles. The predicted octanol–water partition coefficient (Wildman–Crippen LogP) is 3.22. The number of rotatable bonds is 6. The van der Waals surface area contributed by atoms with Crippen molar-refractivity contribution in [3.05, 3.63) is 83.9 Å². The van der Waals surface area contributed by atoms with Crippen LogP contribution in [0.5, 0.6) is 11.5 Å². The number of benzene rings is 3. The van der Waals surface area contributed by atoms with E-state index in [1.54, 1.807) is 67.8 Å². The quantitative estimate of drug-likeness (QED) is 0.554. The summed E-state index contributed by atoms with van der Waals surface area (Å²) in [6.07, 6.45) is 0. The Bertz CT molecular complexity index is 1150. The van der Waals surface area contributed by atoms with E-state index in [1.807, 2.05) is 12.1 Å². The highest BCUT2D eigenvalue weighted by molar-refractivity contribution is 6.11. The van der Waals surface area contributed by atoms with Crippen LogP contribution in [-0.2, 0) is 17.1 Å². The summed E-state index contributed by atoms with van der Waals surface area (Å²) in [5.41, 5.74) is -0.548. The van der Waals surface area contributed by atoms with Crippen LogP contribution in [0.3, 0.4) is 0 Å². The number of nitrogens with zero attached hydrogens (tertiary/aromatic N) is 1. The van der Waals surface area contributed by atoms with Gasteiger partial charge in [-0.3, -0.25) is 9.69 Å². The van der Waals surface area contributed by atoms with Crippen LogP contribution >= 0.6 is 0 Å². The fourth-order valence-corrected chi connectivity index (χ4v) is 3.66. The molecular formula is C24H23N3O5. The molecule has 1 heterocycles. The minimum absolute atomic E-state index is 0.154. The number of hydrogen-bond acceptors (Lipinski definition) is 5. The van der Waals surface area contributed by atoms with E-state index in [9.17, 15) is 14.7 Å². The second-order valence-corrected chi connectivity index (χ2v) is 7.22. The molecule has 1 atom stereocenters. The maximum absolute atomic E-state index is 13.4. The molecular weight excluding hydrogens is 410 g/mol. The number of nitrogens with one attached hydrogen (secondary N) is 2. The first-order valence-corrected chi connectivity index (χ1v) is 9.95. The highest BCUT2D eigenvalue weighted by Crippen LogP contribution is 2.40. The number of amides is 3. The summed E-state index contributed by atoms with van der Waals surface area (Å²) in [5.74, 6) is 0.439. The maximum atomic E-state index is 13.4. The summed E-state index contributed by atoms with van der Waals surface area (Å²) in [7, 11) is 3.07. The van der Waals surface area contributed by atoms with Crippen LogP contribution in [0.25, 0.3) is 0 Å². The third-order valence-electron chi connectivity index (χ3n) is 5.31. The highest BCUT2D eigenvalue weighted by atomic mass is 16.5. The molecule has 8 nitrogen and oxygen atoms in total. The van der Waals surface area contributed by atoms with Gasteiger partial charge in [0.05, 0.1) is 25.6 Å². The van der Waals surface area contributed by atoms with E-state index in [0.717, 1.165) is 10.5 Å². The number of urea groups is 1. The molecule has 4 rings (SSSR count). The second-order valence-electron chi connectivity index (χ2n) is 7.22. The average Bonchev–Trinajstić information content (AvgIpc) is 2.83. The molecule has 0 fully saturated rings. The highest BCUT2D eigenvalue weighted by Gasteiger charge is 2.51. The fraction of sp³-hybridized carbons (Fsp3) is 0.167. The molecule has 3 aromatic carbocycles. The zero-order chi connectivity index (χ0) is 22.7. The lowest BCUT2D eigenvalue weighted by atomic mass is 9.94. The standard InChI is InChI=1S/C24H23N3O5/c1-31-18-12-10-16(11-13-18)15-25-22(28)24(30)20-8-3-4-9-21(20)26-23(29)27(24)17-6-5-7-19(14-17)32-2/h3-14,30H,15H2,1-2H3,(H,25,28)(H,26,29)/t24-/m1/s1. The Labute approximate surface area is 185 Å². The Hall–Kier alpha value is -4.04. The number of para-hydroxylation sites is 1. The molecule has 164 valence electrons. The molecule has 0 spiro atoms. The topological polar surface area (TPSA) is 100 Å².